The fourth-order valence-corrected chi connectivity index (χ4v) is 5.79. The molecule has 1 aliphatic carbocycles. The maximum absolute atomic E-state index is 13.5. The lowest BCUT2D eigenvalue weighted by Gasteiger charge is -2.41. The van der Waals surface area contributed by atoms with Crippen molar-refractivity contribution >= 4 is 34.1 Å². The maximum Gasteiger partial charge on any atom is 0.203 e. The predicted octanol–water partition coefficient (Wildman–Crippen LogP) is 3.82. The first-order chi connectivity index (χ1) is 16.3. The molecular formula is C24H33ClN8O. The van der Waals surface area contributed by atoms with E-state index in [-0.39, 0.29) is 11.7 Å². The van der Waals surface area contributed by atoms with Crippen LogP contribution in [0.15, 0.2) is 12.1 Å². The number of nitrogens with one attached hydrogen (secondary N) is 1. The fourth-order valence-electron chi connectivity index (χ4n) is 5.51. The summed E-state index contributed by atoms with van der Waals surface area (Å²) in [6, 6.07) is 4.30. The number of carbonyl (C=O) groups excluding carboxylic acids is 1. The SMILES string of the molecule is CCN1CCN(c2cc3nc(C(=O)C4(C)CCC(c5nnn(C)n5)CC4)[nH]c3cc2Cl)C(C)C1. The standard InChI is InChI=1S/C24H33ClN8O/c1-5-32-10-11-33(15(2)14-32)20-13-19-18(12-17(20)25)26-23(27-19)21(34)24(3)8-6-16(7-9-24)22-28-30-31(4)29-22/h12-13,15-16H,5-11,14H2,1-4H3,(H,26,27). The summed E-state index contributed by atoms with van der Waals surface area (Å²) in [7, 11) is 1.78. The van der Waals surface area contributed by atoms with Crippen LogP contribution in [0.2, 0.25) is 5.02 Å². The van der Waals surface area contributed by atoms with E-state index in [2.05, 4.69) is 51.0 Å². The number of aromatic nitrogens is 6. The van der Waals surface area contributed by atoms with Gasteiger partial charge in [0.05, 0.1) is 28.8 Å². The Bertz CT molecular complexity index is 1200. The van der Waals surface area contributed by atoms with Gasteiger partial charge < -0.3 is 9.88 Å². The number of hydrogen-bond acceptors (Lipinski definition) is 7. The molecule has 1 saturated heterocycles. The highest BCUT2D eigenvalue weighted by molar-refractivity contribution is 6.34. The lowest BCUT2D eigenvalue weighted by atomic mass is 9.69. The van der Waals surface area contributed by atoms with Crippen molar-refractivity contribution in [1.82, 2.24) is 35.1 Å². The first-order valence-corrected chi connectivity index (χ1v) is 12.6. The van der Waals surface area contributed by atoms with Gasteiger partial charge in [-0.15, -0.1) is 10.2 Å². The van der Waals surface area contributed by atoms with E-state index in [1.54, 1.807) is 7.05 Å². The molecule has 1 N–H and O–H groups in total. The molecule has 3 heterocycles. The van der Waals surface area contributed by atoms with E-state index in [0.717, 1.165) is 74.4 Å². The van der Waals surface area contributed by atoms with E-state index in [1.165, 1.54) is 4.80 Å². The number of aromatic amines is 1. The summed E-state index contributed by atoms with van der Waals surface area (Å²) >= 11 is 6.71. The van der Waals surface area contributed by atoms with Crippen molar-refractivity contribution in [2.75, 3.05) is 31.1 Å². The number of hydrogen-bond donors (Lipinski definition) is 1. The summed E-state index contributed by atoms with van der Waals surface area (Å²) in [6.45, 7) is 10.5. The topological polar surface area (TPSA) is 95.8 Å². The molecule has 1 aliphatic heterocycles. The average molecular weight is 485 g/mol. The van der Waals surface area contributed by atoms with E-state index < -0.39 is 5.41 Å². The number of nitrogens with zero attached hydrogens (tertiary/aromatic N) is 7. The van der Waals surface area contributed by atoms with Crippen LogP contribution in [0.1, 0.15) is 68.8 Å². The molecule has 1 aromatic carbocycles. The van der Waals surface area contributed by atoms with E-state index in [0.29, 0.717) is 16.9 Å². The number of likely N-dealkylation sites (N-methyl/N-ethyl adjacent to an activating group) is 1. The molecule has 34 heavy (non-hydrogen) atoms. The number of ketones is 1. The maximum atomic E-state index is 13.5. The van der Waals surface area contributed by atoms with Gasteiger partial charge in [0.25, 0.3) is 0 Å². The van der Waals surface area contributed by atoms with E-state index in [9.17, 15) is 4.79 Å². The lowest BCUT2D eigenvalue weighted by molar-refractivity contribution is 0.0724. The summed E-state index contributed by atoms with van der Waals surface area (Å²) in [6.07, 6.45) is 3.28. The molecule has 2 aromatic heterocycles. The van der Waals surface area contributed by atoms with Crippen LogP contribution < -0.4 is 4.90 Å². The second-order valence-corrected chi connectivity index (χ2v) is 10.6. The van der Waals surface area contributed by atoms with Gasteiger partial charge in [-0.1, -0.05) is 25.4 Å². The molecular weight excluding hydrogens is 452 g/mol. The zero-order valence-corrected chi connectivity index (χ0v) is 21.1. The zero-order valence-electron chi connectivity index (χ0n) is 20.4. The molecule has 2 aliphatic rings. The number of halogens is 1. The number of rotatable bonds is 5. The quantitative estimate of drug-likeness (QED) is 0.550. The molecule has 1 unspecified atom stereocenters. The van der Waals surface area contributed by atoms with Gasteiger partial charge in [-0.25, -0.2) is 4.98 Å². The Kier molecular flexibility index (Phi) is 6.10. The van der Waals surface area contributed by atoms with Crippen molar-refractivity contribution in [2.24, 2.45) is 12.5 Å². The van der Waals surface area contributed by atoms with Crippen molar-refractivity contribution in [3.63, 3.8) is 0 Å². The number of carbonyl (C=O) groups is 1. The van der Waals surface area contributed by atoms with E-state index >= 15 is 0 Å². The highest BCUT2D eigenvalue weighted by atomic mass is 35.5. The van der Waals surface area contributed by atoms with Gasteiger partial charge in [0, 0.05) is 37.0 Å². The Morgan fingerprint density at radius 1 is 1.26 bits per heavy atom. The fraction of sp³-hybridized carbons (Fsp3) is 0.625. The van der Waals surface area contributed by atoms with Crippen LogP contribution in [-0.4, -0.2) is 73.1 Å². The second-order valence-electron chi connectivity index (χ2n) is 10.1. The molecule has 2 fully saturated rings. The van der Waals surface area contributed by atoms with Crippen LogP contribution in [-0.2, 0) is 7.05 Å². The Morgan fingerprint density at radius 3 is 2.68 bits per heavy atom. The highest BCUT2D eigenvalue weighted by Crippen LogP contribution is 2.44. The smallest absolute Gasteiger partial charge is 0.203 e. The number of tetrazole rings is 1. The third-order valence-corrected chi connectivity index (χ3v) is 8.06. The minimum Gasteiger partial charge on any atom is -0.365 e. The molecule has 0 bridgehead atoms. The molecule has 3 aromatic rings. The van der Waals surface area contributed by atoms with Crippen LogP contribution in [0.5, 0.6) is 0 Å². The van der Waals surface area contributed by atoms with Gasteiger partial charge in [-0.05, 0) is 56.5 Å². The van der Waals surface area contributed by atoms with Gasteiger partial charge >= 0.3 is 0 Å². The summed E-state index contributed by atoms with van der Waals surface area (Å²) in [4.78, 5) is 27.8. The predicted molar refractivity (Wildman–Crippen MR) is 132 cm³/mol. The number of benzene rings is 1. The Hall–Kier alpha value is -2.52. The molecule has 9 nitrogen and oxygen atoms in total. The van der Waals surface area contributed by atoms with Gasteiger partial charge in [0.15, 0.2) is 11.6 Å². The molecule has 0 amide bonds. The Balaban J connectivity index is 1.34. The van der Waals surface area contributed by atoms with Gasteiger partial charge in [0.1, 0.15) is 0 Å². The van der Waals surface area contributed by atoms with Crippen molar-refractivity contribution in [1.29, 1.82) is 0 Å². The number of imidazole rings is 1. The number of H-pyrrole nitrogens is 1. The van der Waals surface area contributed by atoms with E-state index in [1.807, 2.05) is 12.1 Å². The normalized spacial score (nSPS) is 26.3. The minimum absolute atomic E-state index is 0.0665. The minimum atomic E-state index is -0.454. The number of piperazine rings is 1. The molecule has 0 spiro atoms. The highest BCUT2D eigenvalue weighted by Gasteiger charge is 2.40. The number of aryl methyl sites for hydroxylation is 1. The van der Waals surface area contributed by atoms with Crippen molar-refractivity contribution < 1.29 is 4.79 Å². The van der Waals surface area contributed by atoms with Crippen molar-refractivity contribution in [2.45, 2.75) is 58.4 Å². The molecule has 1 saturated carbocycles. The average Bonchev–Trinajstić information content (AvgIpc) is 3.44. The first-order valence-electron chi connectivity index (χ1n) is 12.2. The number of fused-ring (bicyclic) bond motifs is 1. The number of Topliss-reactive ketones (excluding diaryl/α,β-unsaturated/α-hetero) is 1. The van der Waals surface area contributed by atoms with Gasteiger partial charge in [-0.3, -0.25) is 9.69 Å². The largest absolute Gasteiger partial charge is 0.365 e. The first kappa shape index (κ1) is 23.2. The monoisotopic (exact) mass is 484 g/mol. The third kappa shape index (κ3) is 4.20. The third-order valence-electron chi connectivity index (χ3n) is 7.76. The summed E-state index contributed by atoms with van der Waals surface area (Å²) < 4.78 is 0. The second kappa shape index (κ2) is 8.92. The van der Waals surface area contributed by atoms with Crippen LogP contribution in [0.4, 0.5) is 5.69 Å². The molecule has 10 heteroatoms. The van der Waals surface area contributed by atoms with Crippen LogP contribution >= 0.6 is 11.6 Å². The van der Waals surface area contributed by atoms with Crippen molar-refractivity contribution in [3.8, 4) is 0 Å². The zero-order chi connectivity index (χ0) is 24.0. The summed E-state index contributed by atoms with van der Waals surface area (Å²) in [5.74, 6) is 1.51. The molecule has 182 valence electrons. The van der Waals surface area contributed by atoms with Gasteiger partial charge in [0.2, 0.25) is 5.78 Å². The number of anilines is 1. The van der Waals surface area contributed by atoms with Gasteiger partial charge in [-0.2, -0.15) is 4.80 Å². The Morgan fingerprint density at radius 2 is 2.03 bits per heavy atom. The lowest BCUT2D eigenvalue weighted by Crippen LogP contribution is -2.51. The van der Waals surface area contributed by atoms with E-state index in [4.69, 9.17) is 16.6 Å². The summed E-state index contributed by atoms with van der Waals surface area (Å²) in [5.41, 5.74) is 2.13. The molecule has 0 radical (unpaired) electrons. The Labute approximate surface area is 204 Å². The van der Waals surface area contributed by atoms with Crippen LogP contribution in [0, 0.1) is 5.41 Å². The molecule has 5 rings (SSSR count). The van der Waals surface area contributed by atoms with Crippen molar-refractivity contribution in [3.05, 3.63) is 28.8 Å². The van der Waals surface area contributed by atoms with Crippen LogP contribution in [0.3, 0.4) is 0 Å². The summed E-state index contributed by atoms with van der Waals surface area (Å²) in [5, 5.41) is 13.2. The molecule has 1 atom stereocenters. The van der Waals surface area contributed by atoms with Crippen LogP contribution in [0.25, 0.3) is 11.0 Å².